The van der Waals surface area contributed by atoms with Crippen molar-refractivity contribution in [3.05, 3.63) is 35.1 Å². The van der Waals surface area contributed by atoms with Crippen LogP contribution in [0.3, 0.4) is 0 Å². The van der Waals surface area contributed by atoms with Crippen LogP contribution >= 0.6 is 0 Å². The lowest BCUT2D eigenvalue weighted by molar-refractivity contribution is 0.236. The Balaban J connectivity index is 2.03. The molecule has 0 aromatic heterocycles. The topological polar surface area (TPSA) is 15.3 Å². The highest BCUT2D eigenvalue weighted by atomic mass is 19.1. The molecule has 112 valence electrons. The SMILES string of the molecule is CNCc1ccc(F)c(CN(CCC(C)C)C2CC2)c1. The van der Waals surface area contributed by atoms with E-state index in [1.165, 1.54) is 19.3 Å². The second kappa shape index (κ2) is 7.19. The van der Waals surface area contributed by atoms with Crippen molar-refractivity contribution in [3.63, 3.8) is 0 Å². The Bertz CT molecular complexity index is 427. The second-order valence-corrected chi connectivity index (χ2v) is 6.34. The lowest BCUT2D eigenvalue weighted by Gasteiger charge is -2.23. The summed E-state index contributed by atoms with van der Waals surface area (Å²) in [5.74, 6) is 0.636. The van der Waals surface area contributed by atoms with Crippen LogP contribution in [0.15, 0.2) is 18.2 Å². The number of rotatable bonds is 8. The van der Waals surface area contributed by atoms with Crippen molar-refractivity contribution >= 4 is 0 Å². The molecular formula is C17H27FN2. The van der Waals surface area contributed by atoms with Crippen molar-refractivity contribution in [1.29, 1.82) is 0 Å². The maximum Gasteiger partial charge on any atom is 0.127 e. The van der Waals surface area contributed by atoms with Crippen LogP contribution in [-0.2, 0) is 13.1 Å². The van der Waals surface area contributed by atoms with Gasteiger partial charge < -0.3 is 5.32 Å². The number of nitrogens with zero attached hydrogens (tertiary/aromatic N) is 1. The van der Waals surface area contributed by atoms with Crippen molar-refractivity contribution in [1.82, 2.24) is 10.2 Å². The Kier molecular flexibility index (Phi) is 5.55. The normalized spacial score (nSPS) is 15.3. The third kappa shape index (κ3) is 4.57. The molecule has 3 heteroatoms. The van der Waals surface area contributed by atoms with E-state index in [0.717, 1.165) is 30.8 Å². The molecule has 1 N–H and O–H groups in total. The second-order valence-electron chi connectivity index (χ2n) is 6.34. The van der Waals surface area contributed by atoms with Gasteiger partial charge in [-0.2, -0.15) is 0 Å². The lowest BCUT2D eigenvalue weighted by atomic mass is 10.1. The van der Waals surface area contributed by atoms with Gasteiger partial charge in [-0.25, -0.2) is 4.39 Å². The van der Waals surface area contributed by atoms with E-state index in [2.05, 4.69) is 24.1 Å². The number of halogens is 1. The maximum atomic E-state index is 14.0. The van der Waals surface area contributed by atoms with Gasteiger partial charge in [-0.15, -0.1) is 0 Å². The van der Waals surface area contributed by atoms with Gasteiger partial charge in [0.2, 0.25) is 0 Å². The Morgan fingerprint density at radius 1 is 1.35 bits per heavy atom. The molecule has 1 saturated carbocycles. The molecule has 0 atom stereocenters. The quantitative estimate of drug-likeness (QED) is 0.782. The zero-order valence-electron chi connectivity index (χ0n) is 13.0. The minimum Gasteiger partial charge on any atom is -0.316 e. The van der Waals surface area contributed by atoms with Gasteiger partial charge in [0.1, 0.15) is 5.82 Å². The highest BCUT2D eigenvalue weighted by Crippen LogP contribution is 2.29. The first-order valence-corrected chi connectivity index (χ1v) is 7.76. The number of nitrogens with one attached hydrogen (secondary N) is 1. The van der Waals surface area contributed by atoms with E-state index in [-0.39, 0.29) is 5.82 Å². The highest BCUT2D eigenvalue weighted by Gasteiger charge is 2.29. The number of hydrogen-bond acceptors (Lipinski definition) is 2. The molecule has 20 heavy (non-hydrogen) atoms. The highest BCUT2D eigenvalue weighted by molar-refractivity contribution is 5.25. The van der Waals surface area contributed by atoms with Gasteiger partial charge in [0.25, 0.3) is 0 Å². The van der Waals surface area contributed by atoms with E-state index in [1.54, 1.807) is 6.07 Å². The Hall–Kier alpha value is -0.930. The summed E-state index contributed by atoms with van der Waals surface area (Å²) in [6, 6.07) is 6.16. The molecule has 0 spiro atoms. The van der Waals surface area contributed by atoms with E-state index in [9.17, 15) is 4.39 Å². The van der Waals surface area contributed by atoms with E-state index < -0.39 is 0 Å². The summed E-state index contributed by atoms with van der Waals surface area (Å²) < 4.78 is 14.0. The van der Waals surface area contributed by atoms with Gasteiger partial charge in [0, 0.05) is 24.7 Å². The molecule has 0 bridgehead atoms. The predicted molar refractivity (Wildman–Crippen MR) is 82.1 cm³/mol. The summed E-state index contributed by atoms with van der Waals surface area (Å²) in [5, 5.41) is 3.12. The van der Waals surface area contributed by atoms with Gasteiger partial charge in [0.15, 0.2) is 0 Å². The van der Waals surface area contributed by atoms with Crippen LogP contribution < -0.4 is 5.32 Å². The Morgan fingerprint density at radius 3 is 2.70 bits per heavy atom. The molecule has 0 aliphatic heterocycles. The first kappa shape index (κ1) is 15.5. The fourth-order valence-electron chi connectivity index (χ4n) is 2.54. The van der Waals surface area contributed by atoms with Gasteiger partial charge in [-0.1, -0.05) is 26.0 Å². The van der Waals surface area contributed by atoms with Crippen LogP contribution in [-0.4, -0.2) is 24.5 Å². The molecule has 1 fully saturated rings. The molecule has 0 amide bonds. The van der Waals surface area contributed by atoms with Crippen molar-refractivity contribution in [2.24, 2.45) is 5.92 Å². The maximum absolute atomic E-state index is 14.0. The van der Waals surface area contributed by atoms with Crippen molar-refractivity contribution in [2.75, 3.05) is 13.6 Å². The van der Waals surface area contributed by atoms with E-state index in [4.69, 9.17) is 0 Å². The van der Waals surface area contributed by atoms with Crippen LogP contribution in [0.25, 0.3) is 0 Å². The molecule has 0 saturated heterocycles. The molecule has 1 aromatic carbocycles. The number of benzene rings is 1. The fourth-order valence-corrected chi connectivity index (χ4v) is 2.54. The largest absolute Gasteiger partial charge is 0.316 e. The monoisotopic (exact) mass is 278 g/mol. The molecule has 1 aliphatic carbocycles. The van der Waals surface area contributed by atoms with Crippen LogP contribution in [0.5, 0.6) is 0 Å². The molecule has 0 heterocycles. The van der Waals surface area contributed by atoms with Crippen molar-refractivity contribution in [3.8, 4) is 0 Å². The van der Waals surface area contributed by atoms with E-state index in [1.807, 2.05) is 19.2 Å². The summed E-state index contributed by atoms with van der Waals surface area (Å²) in [6.45, 7) is 7.12. The zero-order chi connectivity index (χ0) is 14.5. The fraction of sp³-hybridized carbons (Fsp3) is 0.647. The summed E-state index contributed by atoms with van der Waals surface area (Å²) >= 11 is 0. The third-order valence-corrected chi connectivity index (χ3v) is 3.92. The minimum absolute atomic E-state index is 0.0694. The van der Waals surface area contributed by atoms with Gasteiger partial charge >= 0.3 is 0 Å². The van der Waals surface area contributed by atoms with Crippen LogP contribution in [0, 0.1) is 11.7 Å². The van der Waals surface area contributed by atoms with Crippen molar-refractivity contribution in [2.45, 2.75) is 52.2 Å². The zero-order valence-corrected chi connectivity index (χ0v) is 13.0. The summed E-state index contributed by atoms with van der Waals surface area (Å²) in [7, 11) is 1.92. The molecule has 0 unspecified atom stereocenters. The first-order chi connectivity index (χ1) is 9.60. The minimum atomic E-state index is -0.0694. The number of hydrogen-bond donors (Lipinski definition) is 1. The molecular weight excluding hydrogens is 251 g/mol. The van der Waals surface area contributed by atoms with Gasteiger partial charge in [0.05, 0.1) is 0 Å². The predicted octanol–water partition coefficient (Wildman–Crippen LogP) is 3.56. The van der Waals surface area contributed by atoms with Gasteiger partial charge in [-0.05, 0) is 50.4 Å². The van der Waals surface area contributed by atoms with Crippen LogP contribution in [0.4, 0.5) is 4.39 Å². The third-order valence-electron chi connectivity index (χ3n) is 3.92. The van der Waals surface area contributed by atoms with Crippen LogP contribution in [0.2, 0.25) is 0 Å². The molecule has 1 aliphatic rings. The van der Waals surface area contributed by atoms with Gasteiger partial charge in [-0.3, -0.25) is 4.90 Å². The summed E-state index contributed by atoms with van der Waals surface area (Å²) in [5.41, 5.74) is 2.00. The standard InChI is InChI=1S/C17H27FN2/c1-13(2)8-9-20(16-5-6-16)12-15-10-14(11-19-3)4-7-17(15)18/h4,7,10,13,16,19H,5-6,8-9,11-12H2,1-3H3. The smallest absolute Gasteiger partial charge is 0.127 e. The van der Waals surface area contributed by atoms with E-state index in [0.29, 0.717) is 12.0 Å². The van der Waals surface area contributed by atoms with Crippen LogP contribution in [0.1, 0.15) is 44.2 Å². The molecule has 2 nitrogen and oxygen atoms in total. The molecule has 2 rings (SSSR count). The summed E-state index contributed by atoms with van der Waals surface area (Å²) in [4.78, 5) is 2.46. The average Bonchev–Trinajstić information content (AvgIpc) is 3.22. The first-order valence-electron chi connectivity index (χ1n) is 7.76. The average molecular weight is 278 g/mol. The van der Waals surface area contributed by atoms with E-state index >= 15 is 0 Å². The lowest BCUT2D eigenvalue weighted by Crippen LogP contribution is -2.28. The molecule has 1 aromatic rings. The Morgan fingerprint density at radius 2 is 2.10 bits per heavy atom. The van der Waals surface area contributed by atoms with Crippen molar-refractivity contribution < 1.29 is 4.39 Å². The Labute approximate surface area is 122 Å². The molecule has 0 radical (unpaired) electrons. The summed E-state index contributed by atoms with van der Waals surface area (Å²) in [6.07, 6.45) is 3.74.